The van der Waals surface area contributed by atoms with Crippen molar-refractivity contribution in [3.63, 3.8) is 0 Å². The quantitative estimate of drug-likeness (QED) is 0.944. The van der Waals surface area contributed by atoms with Crippen molar-refractivity contribution in [3.05, 3.63) is 40.1 Å². The Hall–Kier alpha value is -1.69. The van der Waals surface area contributed by atoms with Gasteiger partial charge in [-0.05, 0) is 39.0 Å². The summed E-state index contributed by atoms with van der Waals surface area (Å²) >= 11 is 3.41. The van der Waals surface area contributed by atoms with Crippen molar-refractivity contribution in [1.82, 2.24) is 20.3 Å². The maximum atomic E-state index is 12.0. The molecule has 0 aliphatic carbocycles. The normalized spacial score (nSPS) is 10.8. The fraction of sp³-hybridized carbons (Fsp3) is 0.308. The van der Waals surface area contributed by atoms with Crippen LogP contribution < -0.4 is 5.32 Å². The molecule has 0 saturated carbocycles. The molecule has 1 aromatic carbocycles. The van der Waals surface area contributed by atoms with E-state index in [0.29, 0.717) is 5.69 Å². The Bertz CT molecular complexity index is 606. The van der Waals surface area contributed by atoms with E-state index in [1.54, 1.807) is 4.68 Å². The van der Waals surface area contributed by atoms with Gasteiger partial charge in [-0.3, -0.25) is 4.79 Å². The number of amides is 1. The van der Waals surface area contributed by atoms with Crippen LogP contribution in [0.4, 0.5) is 0 Å². The van der Waals surface area contributed by atoms with Crippen LogP contribution in [-0.4, -0.2) is 26.9 Å². The highest BCUT2D eigenvalue weighted by atomic mass is 79.9. The molecule has 1 heterocycles. The van der Waals surface area contributed by atoms with Gasteiger partial charge in [-0.25, -0.2) is 4.68 Å². The fourth-order valence-electron chi connectivity index (χ4n) is 1.72. The highest BCUT2D eigenvalue weighted by molar-refractivity contribution is 9.10. The number of carbonyl (C=O) groups is 1. The highest BCUT2D eigenvalue weighted by Crippen LogP contribution is 2.17. The topological polar surface area (TPSA) is 59.8 Å². The summed E-state index contributed by atoms with van der Waals surface area (Å²) in [5, 5.41) is 10.8. The van der Waals surface area contributed by atoms with Gasteiger partial charge in [0.1, 0.15) is 0 Å². The molecule has 2 rings (SSSR count). The van der Waals surface area contributed by atoms with Gasteiger partial charge in [-0.2, -0.15) is 0 Å². The third-order valence-corrected chi connectivity index (χ3v) is 3.08. The number of aromatic nitrogens is 3. The molecule has 0 aliphatic rings. The molecule has 0 unspecified atom stereocenters. The van der Waals surface area contributed by atoms with Gasteiger partial charge in [0.2, 0.25) is 0 Å². The summed E-state index contributed by atoms with van der Waals surface area (Å²) in [6, 6.07) is 7.75. The van der Waals surface area contributed by atoms with Gasteiger partial charge in [-0.1, -0.05) is 27.2 Å². The van der Waals surface area contributed by atoms with Gasteiger partial charge in [0.15, 0.2) is 5.69 Å². The third kappa shape index (κ3) is 3.01. The van der Waals surface area contributed by atoms with Crippen molar-refractivity contribution in [2.75, 3.05) is 0 Å². The summed E-state index contributed by atoms with van der Waals surface area (Å²) in [7, 11) is 0. The molecule has 0 spiro atoms. The molecule has 2 aromatic rings. The first-order chi connectivity index (χ1) is 8.99. The molecule has 0 bridgehead atoms. The average Bonchev–Trinajstić information content (AvgIpc) is 2.70. The second kappa shape index (κ2) is 5.52. The number of halogens is 1. The number of hydrogen-bond donors (Lipinski definition) is 1. The Balaban J connectivity index is 2.35. The predicted octanol–water partition coefficient (Wildman–Crippen LogP) is 2.48. The van der Waals surface area contributed by atoms with Crippen molar-refractivity contribution in [3.8, 4) is 5.69 Å². The number of carbonyl (C=O) groups excluding carboxylic acids is 1. The lowest BCUT2D eigenvalue weighted by atomic mass is 10.2. The average molecular weight is 323 g/mol. The molecule has 1 aromatic heterocycles. The zero-order chi connectivity index (χ0) is 14.0. The summed E-state index contributed by atoms with van der Waals surface area (Å²) < 4.78 is 2.60. The van der Waals surface area contributed by atoms with Crippen molar-refractivity contribution < 1.29 is 4.79 Å². The largest absolute Gasteiger partial charge is 0.348 e. The molecule has 1 amide bonds. The lowest BCUT2D eigenvalue weighted by Crippen LogP contribution is -2.30. The highest BCUT2D eigenvalue weighted by Gasteiger charge is 2.17. The number of hydrogen-bond acceptors (Lipinski definition) is 3. The summed E-state index contributed by atoms with van der Waals surface area (Å²) in [6.45, 7) is 5.65. The van der Waals surface area contributed by atoms with Crippen LogP contribution in [-0.2, 0) is 0 Å². The van der Waals surface area contributed by atoms with E-state index in [-0.39, 0.29) is 11.9 Å². The Morgan fingerprint density at radius 2 is 2.16 bits per heavy atom. The minimum absolute atomic E-state index is 0.0721. The fourth-order valence-corrected chi connectivity index (χ4v) is 2.11. The van der Waals surface area contributed by atoms with E-state index in [1.165, 1.54) is 0 Å². The number of benzene rings is 1. The van der Waals surface area contributed by atoms with Gasteiger partial charge in [0.05, 0.1) is 11.4 Å². The van der Waals surface area contributed by atoms with Crippen molar-refractivity contribution in [2.24, 2.45) is 0 Å². The second-order valence-corrected chi connectivity index (χ2v) is 5.46. The monoisotopic (exact) mass is 322 g/mol. The maximum absolute atomic E-state index is 12.0. The summed E-state index contributed by atoms with van der Waals surface area (Å²) in [6.07, 6.45) is 0. The lowest BCUT2D eigenvalue weighted by Gasteiger charge is -2.07. The Kier molecular flexibility index (Phi) is 3.99. The Morgan fingerprint density at radius 1 is 1.42 bits per heavy atom. The first-order valence-electron chi connectivity index (χ1n) is 5.98. The van der Waals surface area contributed by atoms with Crippen LogP contribution in [0.2, 0.25) is 0 Å². The minimum atomic E-state index is -0.200. The van der Waals surface area contributed by atoms with Crippen LogP contribution in [0.3, 0.4) is 0 Å². The van der Waals surface area contributed by atoms with Crippen molar-refractivity contribution in [1.29, 1.82) is 0 Å². The SMILES string of the molecule is Cc1c(C(=O)NC(C)C)nnn1-c1cccc(Br)c1. The molecule has 0 fully saturated rings. The van der Waals surface area contributed by atoms with Crippen LogP contribution in [0.25, 0.3) is 5.69 Å². The molecule has 0 radical (unpaired) electrons. The van der Waals surface area contributed by atoms with Crippen LogP contribution in [0.15, 0.2) is 28.7 Å². The molecule has 1 N–H and O–H groups in total. The van der Waals surface area contributed by atoms with E-state index in [1.807, 2.05) is 45.0 Å². The van der Waals surface area contributed by atoms with Gasteiger partial charge >= 0.3 is 0 Å². The van der Waals surface area contributed by atoms with E-state index >= 15 is 0 Å². The van der Waals surface area contributed by atoms with Crippen molar-refractivity contribution >= 4 is 21.8 Å². The van der Waals surface area contributed by atoms with E-state index in [2.05, 4.69) is 31.6 Å². The predicted molar refractivity (Wildman–Crippen MR) is 76.4 cm³/mol. The molecular weight excluding hydrogens is 308 g/mol. The molecule has 0 saturated heterocycles. The Labute approximate surface area is 120 Å². The standard InChI is InChI=1S/C13H15BrN4O/c1-8(2)15-13(19)12-9(3)18(17-16-12)11-6-4-5-10(14)7-11/h4-8H,1-3H3,(H,15,19). The van der Waals surface area contributed by atoms with E-state index < -0.39 is 0 Å². The van der Waals surface area contributed by atoms with Crippen LogP contribution >= 0.6 is 15.9 Å². The number of nitrogens with one attached hydrogen (secondary N) is 1. The van der Waals surface area contributed by atoms with Crippen LogP contribution in [0, 0.1) is 6.92 Å². The molecule has 0 aliphatic heterocycles. The number of rotatable bonds is 3. The zero-order valence-electron chi connectivity index (χ0n) is 11.0. The van der Waals surface area contributed by atoms with Crippen LogP contribution in [0.5, 0.6) is 0 Å². The smallest absolute Gasteiger partial charge is 0.273 e. The molecule has 0 atom stereocenters. The van der Waals surface area contributed by atoms with E-state index in [0.717, 1.165) is 15.9 Å². The Morgan fingerprint density at radius 3 is 2.79 bits per heavy atom. The van der Waals surface area contributed by atoms with Gasteiger partial charge in [0, 0.05) is 10.5 Å². The molecule has 5 nitrogen and oxygen atoms in total. The van der Waals surface area contributed by atoms with Crippen molar-refractivity contribution in [2.45, 2.75) is 26.8 Å². The zero-order valence-corrected chi connectivity index (χ0v) is 12.6. The first-order valence-corrected chi connectivity index (χ1v) is 6.77. The van der Waals surface area contributed by atoms with Gasteiger partial charge in [-0.15, -0.1) is 5.10 Å². The summed E-state index contributed by atoms with van der Waals surface area (Å²) in [5.74, 6) is -0.200. The maximum Gasteiger partial charge on any atom is 0.273 e. The lowest BCUT2D eigenvalue weighted by molar-refractivity contribution is 0.0937. The number of nitrogens with zero attached hydrogens (tertiary/aromatic N) is 3. The minimum Gasteiger partial charge on any atom is -0.348 e. The van der Waals surface area contributed by atoms with Gasteiger partial charge in [0.25, 0.3) is 5.91 Å². The summed E-state index contributed by atoms with van der Waals surface area (Å²) in [4.78, 5) is 12.0. The first kappa shape index (κ1) is 13.7. The van der Waals surface area contributed by atoms with E-state index in [9.17, 15) is 4.79 Å². The molecule has 6 heteroatoms. The second-order valence-electron chi connectivity index (χ2n) is 4.54. The van der Waals surface area contributed by atoms with Gasteiger partial charge < -0.3 is 5.32 Å². The molecular formula is C13H15BrN4O. The molecule has 19 heavy (non-hydrogen) atoms. The van der Waals surface area contributed by atoms with Crippen LogP contribution in [0.1, 0.15) is 30.0 Å². The van der Waals surface area contributed by atoms with E-state index in [4.69, 9.17) is 0 Å². The molecule has 100 valence electrons. The summed E-state index contributed by atoms with van der Waals surface area (Å²) in [5.41, 5.74) is 1.94. The third-order valence-electron chi connectivity index (χ3n) is 2.58.